The molecule has 0 unspecified atom stereocenters. The molecule has 0 saturated heterocycles. The summed E-state index contributed by atoms with van der Waals surface area (Å²) in [4.78, 5) is 24.1. The van der Waals surface area contributed by atoms with Crippen LogP contribution in [0.4, 0.5) is 5.69 Å². The molecule has 0 atom stereocenters. The molecule has 6 heteroatoms. The first-order valence-electron chi connectivity index (χ1n) is 6.49. The zero-order valence-corrected chi connectivity index (χ0v) is 11.6. The highest BCUT2D eigenvalue weighted by Gasteiger charge is 2.23. The van der Waals surface area contributed by atoms with Gasteiger partial charge >= 0.3 is 0 Å². The number of thiophene rings is 1. The van der Waals surface area contributed by atoms with Crippen molar-refractivity contribution in [1.82, 2.24) is 10.6 Å². The summed E-state index contributed by atoms with van der Waals surface area (Å²) in [7, 11) is 0. The standard InChI is InChI=1S/C14H15N3O2S/c15-12-9-3-1-2-4-10(9)20-13(12)14(19)16-7-11(18)17-8-5-6-8/h1-4,8H,5-7,15H2,(H,16,19)(H,17,18). The number of anilines is 1. The van der Waals surface area contributed by atoms with E-state index in [2.05, 4.69) is 10.6 Å². The first-order valence-corrected chi connectivity index (χ1v) is 7.31. The Labute approximate surface area is 120 Å². The fourth-order valence-electron chi connectivity index (χ4n) is 1.98. The molecule has 0 bridgehead atoms. The zero-order valence-electron chi connectivity index (χ0n) is 10.8. The molecule has 1 fully saturated rings. The van der Waals surface area contributed by atoms with Crippen molar-refractivity contribution in [3.05, 3.63) is 29.1 Å². The van der Waals surface area contributed by atoms with E-state index in [1.54, 1.807) is 0 Å². The van der Waals surface area contributed by atoms with Crippen LogP contribution in [0.3, 0.4) is 0 Å². The lowest BCUT2D eigenvalue weighted by atomic mass is 10.2. The minimum Gasteiger partial charge on any atom is -0.397 e. The predicted octanol–water partition coefficient (Wildman–Crippen LogP) is 1.49. The van der Waals surface area contributed by atoms with Gasteiger partial charge in [-0.1, -0.05) is 18.2 Å². The Morgan fingerprint density at radius 3 is 2.75 bits per heavy atom. The van der Waals surface area contributed by atoms with Crippen molar-refractivity contribution in [1.29, 1.82) is 0 Å². The quantitative estimate of drug-likeness (QED) is 0.797. The third kappa shape index (κ3) is 2.60. The summed E-state index contributed by atoms with van der Waals surface area (Å²) < 4.78 is 0.970. The van der Waals surface area contributed by atoms with Crippen molar-refractivity contribution < 1.29 is 9.59 Å². The van der Waals surface area contributed by atoms with Crippen LogP contribution in [0.2, 0.25) is 0 Å². The number of nitrogen functional groups attached to an aromatic ring is 1. The average molecular weight is 289 g/mol. The minimum absolute atomic E-state index is 0.0109. The second kappa shape index (κ2) is 5.13. The second-order valence-corrected chi connectivity index (χ2v) is 5.92. The molecule has 20 heavy (non-hydrogen) atoms. The van der Waals surface area contributed by atoms with Crippen molar-refractivity contribution in [3.63, 3.8) is 0 Å². The normalized spacial score (nSPS) is 14.2. The second-order valence-electron chi connectivity index (χ2n) is 4.87. The Bertz CT molecular complexity index is 676. The molecule has 0 radical (unpaired) electrons. The van der Waals surface area contributed by atoms with Crippen molar-refractivity contribution in [2.24, 2.45) is 0 Å². The molecule has 1 aromatic heterocycles. The highest BCUT2D eigenvalue weighted by atomic mass is 32.1. The Kier molecular flexibility index (Phi) is 3.31. The van der Waals surface area contributed by atoms with Crippen LogP contribution in [0, 0.1) is 0 Å². The largest absolute Gasteiger partial charge is 0.397 e. The van der Waals surface area contributed by atoms with Crippen LogP contribution in [-0.2, 0) is 4.79 Å². The number of amides is 2. The highest BCUT2D eigenvalue weighted by Crippen LogP contribution is 2.33. The van der Waals surface area contributed by atoms with E-state index in [0.717, 1.165) is 22.9 Å². The SMILES string of the molecule is Nc1c(C(=O)NCC(=O)NC2CC2)sc2ccccc12. The van der Waals surface area contributed by atoms with Crippen LogP contribution in [-0.4, -0.2) is 24.4 Å². The van der Waals surface area contributed by atoms with Gasteiger partial charge in [-0.05, 0) is 18.9 Å². The van der Waals surface area contributed by atoms with Gasteiger partial charge in [-0.3, -0.25) is 9.59 Å². The summed E-state index contributed by atoms with van der Waals surface area (Å²) in [6, 6.07) is 7.90. The average Bonchev–Trinajstić information content (AvgIpc) is 3.19. The third-order valence-electron chi connectivity index (χ3n) is 3.19. The number of nitrogens with two attached hydrogens (primary N) is 1. The van der Waals surface area contributed by atoms with E-state index in [-0.39, 0.29) is 18.4 Å². The molecule has 104 valence electrons. The molecule has 1 aliphatic carbocycles. The number of hydrogen-bond donors (Lipinski definition) is 3. The molecule has 1 heterocycles. The van der Waals surface area contributed by atoms with Crippen LogP contribution in [0.25, 0.3) is 10.1 Å². The topological polar surface area (TPSA) is 84.2 Å². The Morgan fingerprint density at radius 1 is 1.30 bits per heavy atom. The van der Waals surface area contributed by atoms with Gasteiger partial charge in [0, 0.05) is 16.1 Å². The minimum atomic E-state index is -0.297. The molecule has 2 aromatic rings. The lowest BCUT2D eigenvalue weighted by Gasteiger charge is -2.05. The smallest absolute Gasteiger partial charge is 0.263 e. The number of hydrogen-bond acceptors (Lipinski definition) is 4. The van der Waals surface area contributed by atoms with E-state index in [9.17, 15) is 9.59 Å². The number of rotatable bonds is 4. The van der Waals surface area contributed by atoms with Crippen molar-refractivity contribution >= 4 is 38.9 Å². The van der Waals surface area contributed by atoms with E-state index < -0.39 is 0 Å². The van der Waals surface area contributed by atoms with Gasteiger partial charge in [0.1, 0.15) is 4.88 Å². The van der Waals surface area contributed by atoms with Crippen LogP contribution in [0.5, 0.6) is 0 Å². The molecule has 1 aliphatic rings. The summed E-state index contributed by atoms with van der Waals surface area (Å²) in [5.74, 6) is -0.449. The van der Waals surface area contributed by atoms with Crippen molar-refractivity contribution in [3.8, 4) is 0 Å². The fourth-order valence-corrected chi connectivity index (χ4v) is 3.02. The van der Waals surface area contributed by atoms with Gasteiger partial charge in [0.25, 0.3) is 5.91 Å². The van der Waals surface area contributed by atoms with E-state index in [0.29, 0.717) is 16.6 Å². The third-order valence-corrected chi connectivity index (χ3v) is 4.38. The molecule has 1 aromatic carbocycles. The molecule has 0 spiro atoms. The predicted molar refractivity (Wildman–Crippen MR) is 79.7 cm³/mol. The first kappa shape index (κ1) is 12.9. The molecule has 1 saturated carbocycles. The first-order chi connectivity index (χ1) is 9.65. The summed E-state index contributed by atoms with van der Waals surface area (Å²) in [5, 5.41) is 6.31. The fraction of sp³-hybridized carbons (Fsp3) is 0.286. The van der Waals surface area contributed by atoms with Gasteiger partial charge in [0.15, 0.2) is 0 Å². The van der Waals surface area contributed by atoms with Gasteiger partial charge in [0.05, 0.1) is 12.2 Å². The van der Waals surface area contributed by atoms with Crippen LogP contribution in [0.15, 0.2) is 24.3 Å². The van der Waals surface area contributed by atoms with E-state index >= 15 is 0 Å². The number of nitrogens with one attached hydrogen (secondary N) is 2. The molecular weight excluding hydrogens is 274 g/mol. The van der Waals surface area contributed by atoms with E-state index in [1.165, 1.54) is 11.3 Å². The molecule has 5 nitrogen and oxygen atoms in total. The van der Waals surface area contributed by atoms with Gasteiger partial charge < -0.3 is 16.4 Å². The summed E-state index contributed by atoms with van der Waals surface area (Å²) in [6.45, 7) is -0.0109. The maximum atomic E-state index is 12.1. The van der Waals surface area contributed by atoms with Gasteiger partial charge in [-0.15, -0.1) is 11.3 Å². The number of carbonyl (C=O) groups is 2. The zero-order chi connectivity index (χ0) is 14.1. The Balaban J connectivity index is 1.68. The lowest BCUT2D eigenvalue weighted by molar-refractivity contribution is -0.120. The molecule has 0 aliphatic heterocycles. The summed E-state index contributed by atoms with van der Waals surface area (Å²) in [6.07, 6.45) is 2.06. The number of benzene rings is 1. The maximum absolute atomic E-state index is 12.1. The number of fused-ring (bicyclic) bond motifs is 1. The lowest BCUT2D eigenvalue weighted by Crippen LogP contribution is -2.37. The van der Waals surface area contributed by atoms with E-state index in [4.69, 9.17) is 5.73 Å². The Hall–Kier alpha value is -2.08. The van der Waals surface area contributed by atoms with Crippen molar-refractivity contribution in [2.75, 3.05) is 12.3 Å². The molecular formula is C14H15N3O2S. The van der Waals surface area contributed by atoms with Crippen LogP contribution < -0.4 is 16.4 Å². The summed E-state index contributed by atoms with van der Waals surface area (Å²) in [5.41, 5.74) is 6.46. The van der Waals surface area contributed by atoms with Crippen LogP contribution >= 0.6 is 11.3 Å². The van der Waals surface area contributed by atoms with Gasteiger partial charge in [-0.2, -0.15) is 0 Å². The molecule has 3 rings (SSSR count). The monoisotopic (exact) mass is 289 g/mol. The molecule has 2 amide bonds. The number of carbonyl (C=O) groups excluding carboxylic acids is 2. The van der Waals surface area contributed by atoms with Crippen LogP contribution in [0.1, 0.15) is 22.5 Å². The highest BCUT2D eigenvalue weighted by molar-refractivity contribution is 7.21. The van der Waals surface area contributed by atoms with Gasteiger partial charge in [-0.25, -0.2) is 0 Å². The van der Waals surface area contributed by atoms with Crippen molar-refractivity contribution in [2.45, 2.75) is 18.9 Å². The van der Waals surface area contributed by atoms with Gasteiger partial charge in [0.2, 0.25) is 5.91 Å². The molecule has 4 N–H and O–H groups in total. The summed E-state index contributed by atoms with van der Waals surface area (Å²) >= 11 is 1.34. The maximum Gasteiger partial charge on any atom is 0.263 e. The van der Waals surface area contributed by atoms with E-state index in [1.807, 2.05) is 24.3 Å². The Morgan fingerprint density at radius 2 is 2.05 bits per heavy atom.